The fourth-order valence-electron chi connectivity index (χ4n) is 0.849. The van der Waals surface area contributed by atoms with Crippen LogP contribution < -0.4 is 5.73 Å². The van der Waals surface area contributed by atoms with Gasteiger partial charge in [-0.3, -0.25) is 0 Å². The van der Waals surface area contributed by atoms with E-state index in [1.807, 2.05) is 6.07 Å². The summed E-state index contributed by atoms with van der Waals surface area (Å²) in [7, 11) is 0. The van der Waals surface area contributed by atoms with E-state index < -0.39 is 6.04 Å². The van der Waals surface area contributed by atoms with E-state index in [0.717, 1.165) is 0 Å². The molecule has 0 saturated carbocycles. The maximum atomic E-state index is 9.28. The van der Waals surface area contributed by atoms with Crippen LogP contribution in [0.5, 0.6) is 5.75 Å². The molecule has 3 N–H and O–H groups in total. The first-order valence-corrected chi connectivity index (χ1v) is 3.66. The van der Waals surface area contributed by atoms with Gasteiger partial charge in [0.1, 0.15) is 11.8 Å². The third-order valence-corrected chi connectivity index (χ3v) is 1.70. The van der Waals surface area contributed by atoms with E-state index in [-0.39, 0.29) is 5.75 Å². The Morgan fingerprint density at radius 2 is 2.25 bits per heavy atom. The van der Waals surface area contributed by atoms with E-state index in [9.17, 15) is 5.11 Å². The van der Waals surface area contributed by atoms with Gasteiger partial charge in [-0.2, -0.15) is 5.26 Å². The molecule has 62 valence electrons. The zero-order chi connectivity index (χ0) is 9.14. The quantitative estimate of drug-likeness (QED) is 0.693. The summed E-state index contributed by atoms with van der Waals surface area (Å²) in [5.41, 5.74) is 5.77. The molecule has 1 aromatic carbocycles. The van der Waals surface area contributed by atoms with E-state index in [0.29, 0.717) is 10.6 Å². The number of nitrogens with zero attached hydrogens (tertiary/aromatic N) is 1. The number of phenols is 1. The summed E-state index contributed by atoms with van der Waals surface area (Å²) < 4.78 is 0. The zero-order valence-corrected chi connectivity index (χ0v) is 6.92. The topological polar surface area (TPSA) is 70.0 Å². The third kappa shape index (κ3) is 1.67. The van der Waals surface area contributed by atoms with Crippen molar-refractivity contribution in [3.8, 4) is 11.8 Å². The molecular formula is C8H7ClN2O. The lowest BCUT2D eigenvalue weighted by atomic mass is 10.1. The number of hydrogen-bond donors (Lipinski definition) is 2. The molecule has 0 aliphatic rings. The van der Waals surface area contributed by atoms with Gasteiger partial charge in [0.05, 0.1) is 6.07 Å². The van der Waals surface area contributed by atoms with Crippen LogP contribution >= 0.6 is 11.6 Å². The molecule has 1 rings (SSSR count). The highest BCUT2D eigenvalue weighted by Gasteiger charge is 2.09. The van der Waals surface area contributed by atoms with Crippen LogP contribution in [0, 0.1) is 11.3 Å². The molecule has 0 saturated heterocycles. The van der Waals surface area contributed by atoms with Crippen LogP contribution in [-0.4, -0.2) is 5.11 Å². The summed E-state index contributed by atoms with van der Waals surface area (Å²) in [5.74, 6) is -0.0449. The van der Waals surface area contributed by atoms with E-state index in [4.69, 9.17) is 22.6 Å². The smallest absolute Gasteiger partial charge is 0.122 e. The predicted octanol–water partition coefficient (Wildman–Crippen LogP) is 1.57. The van der Waals surface area contributed by atoms with Crippen molar-refractivity contribution in [2.24, 2.45) is 5.73 Å². The lowest BCUT2D eigenvalue weighted by molar-refractivity contribution is 0.466. The largest absolute Gasteiger partial charge is 0.508 e. The first kappa shape index (κ1) is 8.85. The first-order chi connectivity index (χ1) is 5.65. The van der Waals surface area contributed by atoms with Crippen molar-refractivity contribution in [1.82, 2.24) is 0 Å². The maximum absolute atomic E-state index is 9.28. The maximum Gasteiger partial charge on any atom is 0.122 e. The van der Waals surface area contributed by atoms with Crippen LogP contribution in [0.2, 0.25) is 5.02 Å². The van der Waals surface area contributed by atoms with Crippen LogP contribution in [0.15, 0.2) is 18.2 Å². The molecule has 0 radical (unpaired) electrons. The Hall–Kier alpha value is -1.24. The van der Waals surface area contributed by atoms with Crippen LogP contribution in [0.25, 0.3) is 0 Å². The Kier molecular flexibility index (Phi) is 2.54. The second-order valence-corrected chi connectivity index (χ2v) is 2.75. The minimum atomic E-state index is -0.803. The number of rotatable bonds is 1. The van der Waals surface area contributed by atoms with Gasteiger partial charge in [-0.25, -0.2) is 0 Å². The van der Waals surface area contributed by atoms with Crippen molar-refractivity contribution in [3.63, 3.8) is 0 Å². The van der Waals surface area contributed by atoms with Crippen LogP contribution in [0.3, 0.4) is 0 Å². The third-order valence-electron chi connectivity index (χ3n) is 1.47. The molecule has 1 atom stereocenters. The number of halogens is 1. The van der Waals surface area contributed by atoms with Crippen molar-refractivity contribution in [2.45, 2.75) is 6.04 Å². The van der Waals surface area contributed by atoms with Crippen LogP contribution in [0.1, 0.15) is 11.6 Å². The first-order valence-electron chi connectivity index (χ1n) is 3.28. The van der Waals surface area contributed by atoms with E-state index >= 15 is 0 Å². The number of benzene rings is 1. The Morgan fingerprint density at radius 1 is 1.58 bits per heavy atom. The van der Waals surface area contributed by atoms with E-state index in [1.165, 1.54) is 12.1 Å². The molecule has 0 spiro atoms. The Morgan fingerprint density at radius 3 is 2.75 bits per heavy atom. The van der Waals surface area contributed by atoms with E-state index in [2.05, 4.69) is 0 Å². The van der Waals surface area contributed by atoms with Gasteiger partial charge in [0, 0.05) is 10.6 Å². The fourth-order valence-corrected chi connectivity index (χ4v) is 1.02. The number of nitriles is 1. The second-order valence-electron chi connectivity index (χ2n) is 2.31. The minimum absolute atomic E-state index is 0.0449. The number of hydrogen-bond acceptors (Lipinski definition) is 3. The Bertz CT molecular complexity index is 332. The van der Waals surface area contributed by atoms with Crippen LogP contribution in [0.4, 0.5) is 0 Å². The molecule has 1 aromatic rings. The molecule has 12 heavy (non-hydrogen) atoms. The van der Waals surface area contributed by atoms with Gasteiger partial charge in [0.2, 0.25) is 0 Å². The van der Waals surface area contributed by atoms with Gasteiger partial charge >= 0.3 is 0 Å². The number of aromatic hydroxyl groups is 1. The van der Waals surface area contributed by atoms with Gasteiger partial charge in [0.25, 0.3) is 0 Å². The molecule has 1 unspecified atom stereocenters. The van der Waals surface area contributed by atoms with Crippen molar-refractivity contribution < 1.29 is 5.11 Å². The second kappa shape index (κ2) is 3.44. The highest BCUT2D eigenvalue weighted by Crippen LogP contribution is 2.25. The molecule has 0 aromatic heterocycles. The molecule has 0 fully saturated rings. The summed E-state index contributed by atoms with van der Waals surface area (Å²) in [6.07, 6.45) is 0. The highest BCUT2D eigenvalue weighted by atomic mass is 35.5. The molecular weight excluding hydrogens is 176 g/mol. The van der Waals surface area contributed by atoms with Gasteiger partial charge in [-0.15, -0.1) is 0 Å². The molecule has 0 amide bonds. The summed E-state index contributed by atoms with van der Waals surface area (Å²) in [6.45, 7) is 0. The standard InChI is InChI=1S/C8H7ClN2O/c9-5-1-2-6(7(11)4-10)8(12)3-5/h1-3,7,12H,11H2. The monoisotopic (exact) mass is 182 g/mol. The van der Waals surface area contributed by atoms with Crippen molar-refractivity contribution >= 4 is 11.6 Å². The lowest BCUT2D eigenvalue weighted by Crippen LogP contribution is -2.06. The lowest BCUT2D eigenvalue weighted by Gasteiger charge is -2.05. The Balaban J connectivity index is 3.11. The van der Waals surface area contributed by atoms with Crippen molar-refractivity contribution in [3.05, 3.63) is 28.8 Å². The molecule has 0 aliphatic heterocycles. The summed E-state index contributed by atoms with van der Waals surface area (Å²) in [4.78, 5) is 0. The molecule has 0 aliphatic carbocycles. The minimum Gasteiger partial charge on any atom is -0.508 e. The summed E-state index contributed by atoms with van der Waals surface area (Å²) in [6, 6.07) is 5.48. The normalized spacial score (nSPS) is 12.1. The van der Waals surface area contributed by atoms with Crippen molar-refractivity contribution in [2.75, 3.05) is 0 Å². The molecule has 0 heterocycles. The van der Waals surface area contributed by atoms with Gasteiger partial charge < -0.3 is 10.8 Å². The highest BCUT2D eigenvalue weighted by molar-refractivity contribution is 6.30. The van der Waals surface area contributed by atoms with Gasteiger partial charge in [-0.1, -0.05) is 17.7 Å². The molecule has 3 nitrogen and oxygen atoms in total. The average molecular weight is 183 g/mol. The average Bonchev–Trinajstić information content (AvgIpc) is 2.03. The fraction of sp³-hybridized carbons (Fsp3) is 0.125. The van der Waals surface area contributed by atoms with Gasteiger partial charge in [0.15, 0.2) is 0 Å². The summed E-state index contributed by atoms with van der Waals surface area (Å²) >= 11 is 5.58. The van der Waals surface area contributed by atoms with Gasteiger partial charge in [-0.05, 0) is 12.1 Å². The number of nitrogens with two attached hydrogens (primary N) is 1. The molecule has 4 heteroatoms. The van der Waals surface area contributed by atoms with Crippen molar-refractivity contribution in [1.29, 1.82) is 5.26 Å². The summed E-state index contributed by atoms with van der Waals surface area (Å²) in [5, 5.41) is 18.2. The predicted molar refractivity (Wildman–Crippen MR) is 45.7 cm³/mol. The van der Waals surface area contributed by atoms with E-state index in [1.54, 1.807) is 6.07 Å². The van der Waals surface area contributed by atoms with Crippen LogP contribution in [-0.2, 0) is 0 Å². The SMILES string of the molecule is N#CC(N)c1ccc(Cl)cc1O. The Labute approximate surface area is 75.0 Å². The number of phenolic OH excluding ortho intramolecular Hbond substituents is 1. The molecule has 0 bridgehead atoms. The zero-order valence-electron chi connectivity index (χ0n) is 6.16.